The van der Waals surface area contributed by atoms with Gasteiger partial charge in [-0.3, -0.25) is 9.59 Å². The Balaban J connectivity index is 2.24. The van der Waals surface area contributed by atoms with E-state index in [4.69, 9.17) is 21.1 Å². The van der Waals surface area contributed by atoms with Crippen molar-refractivity contribution in [2.24, 2.45) is 0 Å². The number of carbonyl (C=O) groups is 2. The largest absolute Gasteiger partial charge is 0.492 e. The highest BCUT2D eigenvalue weighted by atomic mass is 35.5. The fraction of sp³-hybridized carbons (Fsp3) is 0.500. The number of hydrogen-bond acceptors (Lipinski definition) is 4. The molecule has 21 heavy (non-hydrogen) atoms. The predicted octanol–water partition coefficient (Wildman–Crippen LogP) is 4.04. The number of esters is 1. The van der Waals surface area contributed by atoms with Gasteiger partial charge >= 0.3 is 5.97 Å². The van der Waals surface area contributed by atoms with Gasteiger partial charge in [-0.15, -0.1) is 0 Å². The van der Waals surface area contributed by atoms with Gasteiger partial charge in [0.25, 0.3) is 0 Å². The highest BCUT2D eigenvalue weighted by molar-refractivity contribution is 6.32. The van der Waals surface area contributed by atoms with Gasteiger partial charge < -0.3 is 9.47 Å². The quantitative estimate of drug-likeness (QED) is 0.392. The highest BCUT2D eigenvalue weighted by Gasteiger charge is 2.06. The van der Waals surface area contributed by atoms with Crippen LogP contribution < -0.4 is 4.74 Å². The van der Waals surface area contributed by atoms with E-state index >= 15 is 0 Å². The summed E-state index contributed by atoms with van der Waals surface area (Å²) in [6.07, 6.45) is 2.97. The molecule has 0 heterocycles. The first-order valence-electron chi connectivity index (χ1n) is 7.13. The number of benzene rings is 1. The van der Waals surface area contributed by atoms with Gasteiger partial charge in [-0.2, -0.15) is 0 Å². The van der Waals surface area contributed by atoms with Crippen LogP contribution >= 0.6 is 11.6 Å². The minimum absolute atomic E-state index is 0.0255. The van der Waals surface area contributed by atoms with Gasteiger partial charge in [0.05, 0.1) is 18.2 Å². The van der Waals surface area contributed by atoms with Crippen LogP contribution in [-0.2, 0) is 9.53 Å². The molecule has 1 aromatic carbocycles. The fourth-order valence-corrected chi connectivity index (χ4v) is 2.04. The second-order valence-electron chi connectivity index (χ2n) is 4.67. The van der Waals surface area contributed by atoms with Crippen molar-refractivity contribution in [1.29, 1.82) is 0 Å². The summed E-state index contributed by atoms with van der Waals surface area (Å²) in [7, 11) is 0. The maximum absolute atomic E-state index is 11.2. The maximum Gasteiger partial charge on any atom is 0.305 e. The van der Waals surface area contributed by atoms with E-state index < -0.39 is 0 Å². The molecule has 0 aliphatic heterocycles. The van der Waals surface area contributed by atoms with Crippen LogP contribution in [-0.4, -0.2) is 25.0 Å². The van der Waals surface area contributed by atoms with Crippen LogP contribution in [0.15, 0.2) is 18.2 Å². The van der Waals surface area contributed by atoms with E-state index in [9.17, 15) is 9.59 Å². The van der Waals surface area contributed by atoms with Gasteiger partial charge in [-0.1, -0.05) is 11.6 Å². The Bertz CT molecular complexity index is 485. The number of unbranched alkanes of at least 4 members (excludes halogenated alkanes) is 2. The molecule has 0 aliphatic carbocycles. The molecule has 0 radical (unpaired) electrons. The lowest BCUT2D eigenvalue weighted by Gasteiger charge is -2.08. The highest BCUT2D eigenvalue weighted by Crippen LogP contribution is 2.25. The number of hydrogen-bond donors (Lipinski definition) is 0. The first-order valence-corrected chi connectivity index (χ1v) is 7.51. The first kappa shape index (κ1) is 17.5. The van der Waals surface area contributed by atoms with Crippen LogP contribution in [0.5, 0.6) is 5.75 Å². The number of ether oxygens (including phenoxy) is 2. The summed E-state index contributed by atoms with van der Waals surface area (Å²) in [4.78, 5) is 22.3. The van der Waals surface area contributed by atoms with Crippen LogP contribution in [0.3, 0.4) is 0 Å². The van der Waals surface area contributed by atoms with Gasteiger partial charge in [0.1, 0.15) is 5.75 Å². The standard InChI is InChI=1S/C16H21ClO4/c1-3-20-16(19)7-5-4-6-10-21-15-9-8-13(12(2)18)11-14(15)17/h8-9,11H,3-7,10H2,1-2H3. The maximum atomic E-state index is 11.2. The zero-order chi connectivity index (χ0) is 15.7. The van der Waals surface area contributed by atoms with Gasteiger partial charge in [0, 0.05) is 12.0 Å². The molecule has 4 nitrogen and oxygen atoms in total. The topological polar surface area (TPSA) is 52.6 Å². The van der Waals surface area contributed by atoms with E-state index in [1.54, 1.807) is 25.1 Å². The van der Waals surface area contributed by atoms with Crippen LogP contribution in [0.2, 0.25) is 5.02 Å². The molecule has 0 saturated heterocycles. The molecule has 116 valence electrons. The molecule has 0 unspecified atom stereocenters. The molecule has 0 N–H and O–H groups in total. The number of Topliss-reactive ketones (excluding diaryl/α,β-unsaturated/α-hetero) is 1. The molecular formula is C16H21ClO4. The van der Waals surface area contributed by atoms with Crippen molar-refractivity contribution in [3.63, 3.8) is 0 Å². The number of carbonyl (C=O) groups excluding carboxylic acids is 2. The Morgan fingerprint density at radius 3 is 2.57 bits per heavy atom. The average Bonchev–Trinajstić information content (AvgIpc) is 2.44. The minimum atomic E-state index is -0.152. The number of ketones is 1. The van der Waals surface area contributed by atoms with E-state index in [0.29, 0.717) is 36.0 Å². The molecule has 0 aromatic heterocycles. The molecule has 0 aliphatic rings. The predicted molar refractivity (Wildman–Crippen MR) is 82.1 cm³/mol. The monoisotopic (exact) mass is 312 g/mol. The Kier molecular flexibility index (Phi) is 7.83. The molecule has 0 spiro atoms. The van der Waals surface area contributed by atoms with Gasteiger partial charge in [0.15, 0.2) is 5.78 Å². The molecule has 0 bridgehead atoms. The Hall–Kier alpha value is -1.55. The minimum Gasteiger partial charge on any atom is -0.492 e. The van der Waals surface area contributed by atoms with Crippen molar-refractivity contribution in [1.82, 2.24) is 0 Å². The molecule has 5 heteroatoms. The molecule has 0 atom stereocenters. The zero-order valence-electron chi connectivity index (χ0n) is 12.5. The second-order valence-corrected chi connectivity index (χ2v) is 5.07. The van der Waals surface area contributed by atoms with Gasteiger partial charge in [-0.25, -0.2) is 0 Å². The third kappa shape index (κ3) is 6.63. The normalized spacial score (nSPS) is 10.2. The third-order valence-electron chi connectivity index (χ3n) is 2.93. The van der Waals surface area contributed by atoms with E-state index in [1.165, 1.54) is 6.92 Å². The van der Waals surface area contributed by atoms with Crippen molar-refractivity contribution in [3.8, 4) is 5.75 Å². The van der Waals surface area contributed by atoms with Crippen LogP contribution in [0.1, 0.15) is 49.9 Å². The summed E-state index contributed by atoms with van der Waals surface area (Å²) in [5, 5.41) is 0.439. The molecule has 0 saturated carbocycles. The Morgan fingerprint density at radius 1 is 1.19 bits per heavy atom. The van der Waals surface area contributed by atoms with Crippen molar-refractivity contribution in [2.75, 3.05) is 13.2 Å². The lowest BCUT2D eigenvalue weighted by Crippen LogP contribution is -2.04. The van der Waals surface area contributed by atoms with Crippen LogP contribution in [0.4, 0.5) is 0 Å². The molecule has 0 fully saturated rings. The van der Waals surface area contributed by atoms with Crippen molar-refractivity contribution < 1.29 is 19.1 Å². The average molecular weight is 313 g/mol. The van der Waals surface area contributed by atoms with Crippen LogP contribution in [0, 0.1) is 0 Å². The molecular weight excluding hydrogens is 292 g/mol. The lowest BCUT2D eigenvalue weighted by molar-refractivity contribution is -0.143. The smallest absolute Gasteiger partial charge is 0.305 e. The SMILES string of the molecule is CCOC(=O)CCCCCOc1ccc(C(C)=O)cc1Cl. The third-order valence-corrected chi connectivity index (χ3v) is 3.22. The summed E-state index contributed by atoms with van der Waals surface area (Å²) in [6, 6.07) is 5.02. The number of rotatable bonds is 9. The summed E-state index contributed by atoms with van der Waals surface area (Å²) in [6.45, 7) is 4.25. The molecule has 1 rings (SSSR count). The zero-order valence-corrected chi connectivity index (χ0v) is 13.2. The van der Waals surface area contributed by atoms with Gasteiger partial charge in [0.2, 0.25) is 0 Å². The summed E-state index contributed by atoms with van der Waals surface area (Å²) >= 11 is 6.05. The fourth-order valence-electron chi connectivity index (χ4n) is 1.80. The first-order chi connectivity index (χ1) is 10.0. The molecule has 0 amide bonds. The summed E-state index contributed by atoms with van der Waals surface area (Å²) in [5.74, 6) is 0.399. The van der Waals surface area contributed by atoms with Crippen LogP contribution in [0.25, 0.3) is 0 Å². The van der Waals surface area contributed by atoms with E-state index in [-0.39, 0.29) is 11.8 Å². The second kappa shape index (κ2) is 9.40. The summed E-state index contributed by atoms with van der Waals surface area (Å²) < 4.78 is 10.4. The van der Waals surface area contributed by atoms with Crippen molar-refractivity contribution >= 4 is 23.4 Å². The van der Waals surface area contributed by atoms with E-state index in [1.807, 2.05) is 0 Å². The number of halogens is 1. The summed E-state index contributed by atoms with van der Waals surface area (Å²) in [5.41, 5.74) is 0.571. The lowest BCUT2D eigenvalue weighted by atomic mass is 10.1. The van der Waals surface area contributed by atoms with Crippen molar-refractivity contribution in [3.05, 3.63) is 28.8 Å². The Morgan fingerprint density at radius 2 is 1.95 bits per heavy atom. The van der Waals surface area contributed by atoms with E-state index in [0.717, 1.165) is 19.3 Å². The molecule has 1 aromatic rings. The van der Waals surface area contributed by atoms with Gasteiger partial charge in [-0.05, 0) is 51.3 Å². The van der Waals surface area contributed by atoms with E-state index in [2.05, 4.69) is 0 Å². The Labute approximate surface area is 130 Å². The van der Waals surface area contributed by atoms with Crippen molar-refractivity contribution in [2.45, 2.75) is 39.5 Å².